The number of amides is 2. The van der Waals surface area contributed by atoms with E-state index in [0.717, 1.165) is 32.1 Å². The van der Waals surface area contributed by atoms with Gasteiger partial charge in [-0.25, -0.2) is 9.78 Å². The molecule has 25 heavy (non-hydrogen) atoms. The number of aromatic nitrogens is 3. The molecule has 0 saturated heterocycles. The highest BCUT2D eigenvalue weighted by Crippen LogP contribution is 2.40. The fourth-order valence-corrected chi connectivity index (χ4v) is 3.87. The quantitative estimate of drug-likeness (QED) is 0.911. The first-order valence-electron chi connectivity index (χ1n) is 9.21. The van der Waals surface area contributed by atoms with Crippen LogP contribution in [0.15, 0.2) is 36.9 Å². The van der Waals surface area contributed by atoms with Crippen molar-refractivity contribution < 1.29 is 4.79 Å². The van der Waals surface area contributed by atoms with Crippen molar-refractivity contribution in [1.29, 1.82) is 0 Å². The van der Waals surface area contributed by atoms with Gasteiger partial charge < -0.3 is 10.2 Å². The zero-order valence-corrected chi connectivity index (χ0v) is 14.6. The van der Waals surface area contributed by atoms with Crippen LogP contribution < -0.4 is 5.32 Å². The van der Waals surface area contributed by atoms with Crippen LogP contribution in [0.5, 0.6) is 0 Å². The lowest BCUT2D eigenvalue weighted by molar-refractivity contribution is 0.158. The molecule has 4 rings (SSSR count). The normalized spacial score (nSPS) is 20.6. The molecular formula is C19H25N5O. The minimum atomic E-state index is 0.00860. The molecule has 0 aliphatic heterocycles. The van der Waals surface area contributed by atoms with Crippen LogP contribution in [-0.4, -0.2) is 37.8 Å². The molecule has 1 fully saturated rings. The van der Waals surface area contributed by atoms with Crippen LogP contribution in [0.4, 0.5) is 4.79 Å². The van der Waals surface area contributed by atoms with Crippen LogP contribution >= 0.6 is 0 Å². The summed E-state index contributed by atoms with van der Waals surface area (Å²) < 4.78 is 1.75. The number of urea groups is 1. The Hall–Kier alpha value is -2.37. The number of hydrogen-bond acceptors (Lipinski definition) is 3. The maximum atomic E-state index is 13.0. The molecule has 2 aromatic rings. The summed E-state index contributed by atoms with van der Waals surface area (Å²) in [6.45, 7) is 2.64. The monoisotopic (exact) mass is 339 g/mol. The van der Waals surface area contributed by atoms with Gasteiger partial charge in [-0.15, -0.1) is 0 Å². The smallest absolute Gasteiger partial charge is 0.318 e. The number of carbonyl (C=O) groups is 1. The van der Waals surface area contributed by atoms with Gasteiger partial charge >= 0.3 is 6.03 Å². The van der Waals surface area contributed by atoms with E-state index in [9.17, 15) is 4.79 Å². The molecular weight excluding hydrogens is 314 g/mol. The maximum Gasteiger partial charge on any atom is 0.318 e. The highest BCUT2D eigenvalue weighted by atomic mass is 16.2. The Morgan fingerprint density at radius 1 is 1.36 bits per heavy atom. The average Bonchev–Trinajstić information content (AvgIpc) is 3.31. The SMILES string of the molecule is C[C@H](Cn1cncn1)NC(=O)N(C1CC1)[C@@H]1CCCc2ccccc21. The van der Waals surface area contributed by atoms with E-state index in [0.29, 0.717) is 12.6 Å². The number of carbonyl (C=O) groups excluding carboxylic acids is 1. The Morgan fingerprint density at radius 2 is 2.20 bits per heavy atom. The highest BCUT2D eigenvalue weighted by Gasteiger charge is 2.39. The molecule has 2 aliphatic rings. The summed E-state index contributed by atoms with van der Waals surface area (Å²) >= 11 is 0. The Kier molecular flexibility index (Phi) is 4.42. The van der Waals surface area contributed by atoms with Crippen molar-refractivity contribution >= 4 is 6.03 Å². The fraction of sp³-hybridized carbons (Fsp3) is 0.526. The van der Waals surface area contributed by atoms with Gasteiger partial charge in [-0.2, -0.15) is 5.10 Å². The molecule has 6 nitrogen and oxygen atoms in total. The van der Waals surface area contributed by atoms with E-state index in [2.05, 4.69) is 44.6 Å². The number of fused-ring (bicyclic) bond motifs is 1. The third-order valence-electron chi connectivity index (χ3n) is 5.15. The van der Waals surface area contributed by atoms with Crippen LogP contribution in [0, 0.1) is 0 Å². The van der Waals surface area contributed by atoms with Gasteiger partial charge in [0, 0.05) is 12.1 Å². The summed E-state index contributed by atoms with van der Waals surface area (Å²) in [6, 6.07) is 9.24. The predicted octanol–water partition coefficient (Wildman–Crippen LogP) is 2.92. The van der Waals surface area contributed by atoms with Crippen molar-refractivity contribution in [1.82, 2.24) is 25.0 Å². The second-order valence-electron chi connectivity index (χ2n) is 7.21. The van der Waals surface area contributed by atoms with Gasteiger partial charge in [0.05, 0.1) is 12.6 Å². The van der Waals surface area contributed by atoms with E-state index in [1.807, 2.05) is 6.92 Å². The lowest BCUT2D eigenvalue weighted by atomic mass is 9.87. The number of nitrogens with zero attached hydrogens (tertiary/aromatic N) is 4. The summed E-state index contributed by atoms with van der Waals surface area (Å²) in [5, 5.41) is 7.28. The molecule has 0 spiro atoms. The molecule has 1 N–H and O–H groups in total. The Labute approximate surface area is 148 Å². The first-order chi connectivity index (χ1) is 12.2. The molecule has 1 aromatic heterocycles. The van der Waals surface area contributed by atoms with Crippen molar-refractivity contribution in [2.45, 2.75) is 63.7 Å². The van der Waals surface area contributed by atoms with Crippen LogP contribution in [0.25, 0.3) is 0 Å². The fourth-order valence-electron chi connectivity index (χ4n) is 3.87. The van der Waals surface area contributed by atoms with Gasteiger partial charge in [0.25, 0.3) is 0 Å². The molecule has 0 unspecified atom stereocenters. The van der Waals surface area contributed by atoms with Gasteiger partial charge in [0.2, 0.25) is 0 Å². The molecule has 132 valence electrons. The minimum Gasteiger partial charge on any atom is -0.334 e. The molecule has 2 amide bonds. The molecule has 1 saturated carbocycles. The Balaban J connectivity index is 1.49. The predicted molar refractivity (Wildman–Crippen MR) is 95.0 cm³/mol. The highest BCUT2D eigenvalue weighted by molar-refractivity contribution is 5.76. The summed E-state index contributed by atoms with van der Waals surface area (Å²) in [4.78, 5) is 19.1. The van der Waals surface area contributed by atoms with Gasteiger partial charge in [0.1, 0.15) is 12.7 Å². The Morgan fingerprint density at radius 3 is 2.96 bits per heavy atom. The van der Waals surface area contributed by atoms with Crippen molar-refractivity contribution in [2.75, 3.05) is 0 Å². The largest absolute Gasteiger partial charge is 0.334 e. The molecule has 2 aliphatic carbocycles. The third-order valence-corrected chi connectivity index (χ3v) is 5.15. The lowest BCUT2D eigenvalue weighted by Crippen LogP contribution is -2.48. The molecule has 2 atom stereocenters. The van der Waals surface area contributed by atoms with E-state index in [1.165, 1.54) is 17.5 Å². The van der Waals surface area contributed by atoms with Gasteiger partial charge in [0.15, 0.2) is 0 Å². The summed E-state index contributed by atoms with van der Waals surface area (Å²) in [5.41, 5.74) is 2.73. The van der Waals surface area contributed by atoms with Crippen molar-refractivity contribution in [3.63, 3.8) is 0 Å². The number of rotatable bonds is 5. The van der Waals surface area contributed by atoms with Gasteiger partial charge in [-0.3, -0.25) is 4.68 Å². The van der Waals surface area contributed by atoms with E-state index in [-0.39, 0.29) is 18.1 Å². The van der Waals surface area contributed by atoms with Crippen LogP contribution in [0.3, 0.4) is 0 Å². The topological polar surface area (TPSA) is 63.1 Å². The molecule has 0 bridgehead atoms. The Bertz CT molecular complexity index is 725. The third kappa shape index (κ3) is 3.52. The van der Waals surface area contributed by atoms with E-state index >= 15 is 0 Å². The van der Waals surface area contributed by atoms with Crippen LogP contribution in [-0.2, 0) is 13.0 Å². The van der Waals surface area contributed by atoms with Crippen LogP contribution in [0.1, 0.15) is 49.8 Å². The number of benzene rings is 1. The van der Waals surface area contributed by atoms with E-state index < -0.39 is 0 Å². The zero-order valence-electron chi connectivity index (χ0n) is 14.6. The number of nitrogens with one attached hydrogen (secondary N) is 1. The lowest BCUT2D eigenvalue weighted by Gasteiger charge is -2.36. The first kappa shape index (κ1) is 16.1. The van der Waals surface area contributed by atoms with Crippen molar-refractivity contribution in [3.05, 3.63) is 48.0 Å². The second-order valence-corrected chi connectivity index (χ2v) is 7.21. The second kappa shape index (κ2) is 6.86. The van der Waals surface area contributed by atoms with Gasteiger partial charge in [-0.05, 0) is 50.2 Å². The van der Waals surface area contributed by atoms with Crippen LogP contribution in [0.2, 0.25) is 0 Å². The average molecular weight is 339 g/mol. The maximum absolute atomic E-state index is 13.0. The molecule has 1 aromatic carbocycles. The summed E-state index contributed by atoms with van der Waals surface area (Å²) in [6.07, 6.45) is 8.75. The number of hydrogen-bond donors (Lipinski definition) is 1. The zero-order chi connectivity index (χ0) is 17.2. The molecule has 0 radical (unpaired) electrons. The van der Waals surface area contributed by atoms with E-state index in [1.54, 1.807) is 11.0 Å². The van der Waals surface area contributed by atoms with Crippen molar-refractivity contribution in [2.24, 2.45) is 0 Å². The molecule has 1 heterocycles. The first-order valence-corrected chi connectivity index (χ1v) is 9.21. The standard InChI is InChI=1S/C19H25N5O/c1-14(11-23-13-20-12-21-23)22-19(25)24(16-9-10-16)18-8-4-6-15-5-2-3-7-17(15)18/h2-3,5,7,12-14,16,18H,4,6,8-11H2,1H3,(H,22,25)/t14-,18-/m1/s1. The van der Waals surface area contributed by atoms with Crippen molar-refractivity contribution in [3.8, 4) is 0 Å². The molecule has 6 heteroatoms. The van der Waals surface area contributed by atoms with E-state index in [4.69, 9.17) is 0 Å². The summed E-state index contributed by atoms with van der Waals surface area (Å²) in [5.74, 6) is 0. The number of aryl methyl sites for hydroxylation is 1. The summed E-state index contributed by atoms with van der Waals surface area (Å²) in [7, 11) is 0. The minimum absolute atomic E-state index is 0.00860. The van der Waals surface area contributed by atoms with Gasteiger partial charge in [-0.1, -0.05) is 24.3 Å².